The molecule has 3 heteroatoms. The third-order valence-electron chi connectivity index (χ3n) is 3.31. The van der Waals surface area contributed by atoms with Crippen LogP contribution in [0.2, 0.25) is 0 Å². The summed E-state index contributed by atoms with van der Waals surface area (Å²) < 4.78 is 12.7. The van der Waals surface area contributed by atoms with Gasteiger partial charge in [-0.2, -0.15) is 0 Å². The topological polar surface area (TPSA) is 24.1 Å². The van der Waals surface area contributed by atoms with Crippen molar-refractivity contribution < 1.29 is 4.39 Å². The zero-order valence-electron chi connectivity index (χ0n) is 10.2. The highest BCUT2D eigenvalue weighted by Crippen LogP contribution is 2.06. The monoisotopic (exact) mass is 236 g/mol. The van der Waals surface area contributed by atoms with Gasteiger partial charge >= 0.3 is 0 Å². The molecule has 2 nitrogen and oxygen atoms in total. The van der Waals surface area contributed by atoms with Crippen LogP contribution in [0.1, 0.15) is 24.8 Å². The first-order chi connectivity index (χ1) is 8.34. The van der Waals surface area contributed by atoms with Crippen molar-refractivity contribution in [2.45, 2.75) is 31.7 Å². The lowest BCUT2D eigenvalue weighted by atomic mass is 10.1. The Morgan fingerprint density at radius 1 is 1.24 bits per heavy atom. The van der Waals surface area contributed by atoms with Crippen LogP contribution in [-0.2, 0) is 6.42 Å². The van der Waals surface area contributed by atoms with E-state index in [1.807, 2.05) is 12.1 Å². The van der Waals surface area contributed by atoms with Crippen molar-refractivity contribution in [1.82, 2.24) is 10.6 Å². The maximum absolute atomic E-state index is 12.7. The lowest BCUT2D eigenvalue weighted by Crippen LogP contribution is -2.42. The van der Waals surface area contributed by atoms with Gasteiger partial charge in [-0.15, -0.1) is 0 Å². The molecule has 2 rings (SSSR count). The van der Waals surface area contributed by atoms with E-state index >= 15 is 0 Å². The molecule has 1 aromatic rings. The number of halogens is 1. The van der Waals surface area contributed by atoms with Crippen LogP contribution in [0.3, 0.4) is 0 Å². The van der Waals surface area contributed by atoms with Crippen LogP contribution >= 0.6 is 0 Å². The number of hydrogen-bond acceptors (Lipinski definition) is 2. The first-order valence-electron chi connectivity index (χ1n) is 6.53. The van der Waals surface area contributed by atoms with E-state index in [0.717, 1.165) is 26.1 Å². The number of benzene rings is 1. The highest BCUT2D eigenvalue weighted by molar-refractivity contribution is 5.16. The lowest BCUT2D eigenvalue weighted by molar-refractivity contribution is 0.384. The van der Waals surface area contributed by atoms with Gasteiger partial charge in [-0.3, -0.25) is 0 Å². The second-order valence-corrected chi connectivity index (χ2v) is 4.73. The fraction of sp³-hybridized carbons (Fsp3) is 0.571. The molecule has 1 atom stereocenters. The van der Waals surface area contributed by atoms with E-state index in [-0.39, 0.29) is 5.82 Å². The fourth-order valence-electron chi connectivity index (χ4n) is 2.26. The van der Waals surface area contributed by atoms with Gasteiger partial charge in [0.15, 0.2) is 0 Å². The summed E-state index contributed by atoms with van der Waals surface area (Å²) in [6, 6.07) is 7.40. The molecule has 0 spiro atoms. The summed E-state index contributed by atoms with van der Waals surface area (Å²) >= 11 is 0. The molecule has 1 aromatic carbocycles. The smallest absolute Gasteiger partial charge is 0.123 e. The second kappa shape index (κ2) is 6.72. The van der Waals surface area contributed by atoms with Crippen molar-refractivity contribution in [2.24, 2.45) is 0 Å². The largest absolute Gasteiger partial charge is 0.315 e. The molecule has 0 saturated carbocycles. The highest BCUT2D eigenvalue weighted by Gasteiger charge is 2.10. The summed E-state index contributed by atoms with van der Waals surface area (Å²) in [5.41, 5.74) is 1.19. The van der Waals surface area contributed by atoms with Gasteiger partial charge in [0.25, 0.3) is 0 Å². The number of nitrogens with one attached hydrogen (secondary N) is 2. The van der Waals surface area contributed by atoms with Crippen LogP contribution < -0.4 is 10.6 Å². The molecule has 1 aliphatic heterocycles. The Morgan fingerprint density at radius 2 is 2.06 bits per heavy atom. The molecule has 0 aliphatic carbocycles. The molecule has 1 heterocycles. The Bertz CT molecular complexity index is 317. The molecular formula is C14H21FN2. The molecule has 1 saturated heterocycles. The minimum atomic E-state index is -0.159. The van der Waals surface area contributed by atoms with Gasteiger partial charge in [-0.05, 0) is 50.0 Å². The Morgan fingerprint density at radius 3 is 2.76 bits per heavy atom. The van der Waals surface area contributed by atoms with Crippen LogP contribution in [0.15, 0.2) is 24.3 Å². The average molecular weight is 236 g/mol. The van der Waals surface area contributed by atoms with E-state index in [4.69, 9.17) is 0 Å². The van der Waals surface area contributed by atoms with Crippen molar-refractivity contribution in [3.8, 4) is 0 Å². The van der Waals surface area contributed by atoms with Gasteiger partial charge < -0.3 is 10.6 Å². The first-order valence-corrected chi connectivity index (χ1v) is 6.53. The molecule has 0 aromatic heterocycles. The Kier molecular flexibility index (Phi) is 4.95. The highest BCUT2D eigenvalue weighted by atomic mass is 19.1. The predicted octanol–water partition coefficient (Wildman–Crippen LogP) is 2.10. The molecule has 94 valence electrons. The minimum Gasteiger partial charge on any atom is -0.315 e. The summed E-state index contributed by atoms with van der Waals surface area (Å²) in [5.74, 6) is -0.159. The van der Waals surface area contributed by atoms with E-state index in [1.165, 1.54) is 37.0 Å². The van der Waals surface area contributed by atoms with Gasteiger partial charge in [0, 0.05) is 12.6 Å². The number of hydrogen-bond donors (Lipinski definition) is 2. The van der Waals surface area contributed by atoms with Crippen LogP contribution in [0.5, 0.6) is 0 Å². The van der Waals surface area contributed by atoms with Crippen molar-refractivity contribution in [3.63, 3.8) is 0 Å². The van der Waals surface area contributed by atoms with E-state index in [9.17, 15) is 4.39 Å². The van der Waals surface area contributed by atoms with Crippen molar-refractivity contribution in [1.29, 1.82) is 0 Å². The van der Waals surface area contributed by atoms with E-state index in [0.29, 0.717) is 6.04 Å². The van der Waals surface area contributed by atoms with Crippen LogP contribution in [0.25, 0.3) is 0 Å². The van der Waals surface area contributed by atoms with Gasteiger partial charge in [0.1, 0.15) is 5.82 Å². The molecule has 0 radical (unpaired) electrons. The van der Waals surface area contributed by atoms with Crippen molar-refractivity contribution in [2.75, 3.05) is 19.6 Å². The van der Waals surface area contributed by atoms with Gasteiger partial charge in [-0.25, -0.2) is 4.39 Å². The maximum Gasteiger partial charge on any atom is 0.123 e. The zero-order valence-corrected chi connectivity index (χ0v) is 10.2. The third kappa shape index (κ3) is 4.44. The average Bonchev–Trinajstić information content (AvgIpc) is 2.38. The molecule has 17 heavy (non-hydrogen) atoms. The minimum absolute atomic E-state index is 0.159. The van der Waals surface area contributed by atoms with E-state index in [2.05, 4.69) is 10.6 Å². The Balaban J connectivity index is 1.60. The molecule has 2 N–H and O–H groups in total. The SMILES string of the molecule is Fc1ccc(CCNCC2CCCCN2)cc1. The van der Waals surface area contributed by atoms with Crippen LogP contribution in [-0.4, -0.2) is 25.7 Å². The molecule has 1 aliphatic rings. The number of piperidine rings is 1. The van der Waals surface area contributed by atoms with E-state index in [1.54, 1.807) is 0 Å². The Hall–Kier alpha value is -0.930. The van der Waals surface area contributed by atoms with Crippen molar-refractivity contribution >= 4 is 0 Å². The fourth-order valence-corrected chi connectivity index (χ4v) is 2.26. The van der Waals surface area contributed by atoms with Gasteiger partial charge in [-0.1, -0.05) is 18.6 Å². The summed E-state index contributed by atoms with van der Waals surface area (Å²) in [5, 5.41) is 6.98. The van der Waals surface area contributed by atoms with Crippen LogP contribution in [0, 0.1) is 5.82 Å². The molecule has 1 fully saturated rings. The summed E-state index contributed by atoms with van der Waals surface area (Å²) in [6.45, 7) is 3.16. The molecule has 0 bridgehead atoms. The number of rotatable bonds is 5. The second-order valence-electron chi connectivity index (χ2n) is 4.73. The zero-order chi connectivity index (χ0) is 11.9. The van der Waals surface area contributed by atoms with Crippen LogP contribution in [0.4, 0.5) is 4.39 Å². The molecular weight excluding hydrogens is 215 g/mol. The molecule has 0 amide bonds. The van der Waals surface area contributed by atoms with Gasteiger partial charge in [0.2, 0.25) is 0 Å². The summed E-state index contributed by atoms with van der Waals surface area (Å²) in [4.78, 5) is 0. The molecule has 1 unspecified atom stereocenters. The quantitative estimate of drug-likeness (QED) is 0.765. The normalized spacial score (nSPS) is 20.4. The van der Waals surface area contributed by atoms with E-state index < -0.39 is 0 Å². The first kappa shape index (κ1) is 12.5. The third-order valence-corrected chi connectivity index (χ3v) is 3.31. The standard InChI is InChI=1S/C14H21FN2/c15-13-6-4-12(5-7-13)8-10-16-11-14-3-1-2-9-17-14/h4-7,14,16-17H,1-3,8-11H2. The maximum atomic E-state index is 12.7. The Labute approximate surface area is 103 Å². The summed E-state index contributed by atoms with van der Waals surface area (Å²) in [6.07, 6.45) is 4.90. The predicted molar refractivity (Wildman–Crippen MR) is 68.6 cm³/mol. The van der Waals surface area contributed by atoms with Crippen molar-refractivity contribution in [3.05, 3.63) is 35.6 Å². The van der Waals surface area contributed by atoms with Gasteiger partial charge in [0.05, 0.1) is 0 Å². The lowest BCUT2D eigenvalue weighted by Gasteiger charge is -2.23. The summed E-state index contributed by atoms with van der Waals surface area (Å²) in [7, 11) is 0.